The lowest BCUT2D eigenvalue weighted by Crippen LogP contribution is -2.30. The van der Waals surface area contributed by atoms with Crippen LogP contribution in [0.15, 0.2) is 40.2 Å². The molecule has 0 saturated carbocycles. The molecule has 0 spiro atoms. The van der Waals surface area contributed by atoms with Crippen LogP contribution in [0.2, 0.25) is 0 Å². The van der Waals surface area contributed by atoms with E-state index in [1.807, 2.05) is 41.3 Å². The van der Waals surface area contributed by atoms with Crippen molar-refractivity contribution < 1.29 is 4.79 Å². The summed E-state index contributed by atoms with van der Waals surface area (Å²) >= 11 is 4.88. The summed E-state index contributed by atoms with van der Waals surface area (Å²) in [5.41, 5.74) is 2.00. The smallest absolute Gasteiger partial charge is 0.268 e. The van der Waals surface area contributed by atoms with Crippen molar-refractivity contribution in [3.63, 3.8) is 0 Å². The molecule has 0 aliphatic carbocycles. The Morgan fingerprint density at radius 2 is 2.11 bits per heavy atom. The molecular formula is C14H13BrN2OS. The molecule has 1 amide bonds. The Balaban J connectivity index is 1.98. The van der Waals surface area contributed by atoms with Gasteiger partial charge < -0.3 is 10.2 Å². The predicted octanol–water partition coefficient (Wildman–Crippen LogP) is 3.97. The molecule has 5 heteroatoms. The van der Waals surface area contributed by atoms with E-state index in [0.29, 0.717) is 0 Å². The number of halogens is 1. The van der Waals surface area contributed by atoms with Crippen molar-refractivity contribution in [2.75, 3.05) is 23.3 Å². The average Bonchev–Trinajstić information content (AvgIpc) is 2.74. The third kappa shape index (κ3) is 2.53. The van der Waals surface area contributed by atoms with Gasteiger partial charge in [-0.15, -0.1) is 11.3 Å². The number of hydrogen-bond acceptors (Lipinski definition) is 3. The van der Waals surface area contributed by atoms with E-state index in [9.17, 15) is 4.79 Å². The number of para-hydroxylation sites is 2. The van der Waals surface area contributed by atoms with Crippen molar-refractivity contribution in [3.8, 4) is 0 Å². The van der Waals surface area contributed by atoms with Crippen LogP contribution in [0.3, 0.4) is 0 Å². The van der Waals surface area contributed by atoms with Gasteiger partial charge in [0, 0.05) is 13.1 Å². The van der Waals surface area contributed by atoms with Gasteiger partial charge >= 0.3 is 0 Å². The van der Waals surface area contributed by atoms with Crippen molar-refractivity contribution in [2.45, 2.75) is 6.42 Å². The number of carbonyl (C=O) groups is 1. The molecule has 1 aromatic heterocycles. The number of carbonyl (C=O) groups excluding carboxylic acids is 1. The van der Waals surface area contributed by atoms with Crippen LogP contribution in [0.4, 0.5) is 11.4 Å². The predicted molar refractivity (Wildman–Crippen MR) is 83.2 cm³/mol. The molecule has 98 valence electrons. The van der Waals surface area contributed by atoms with Crippen LogP contribution in [0.25, 0.3) is 0 Å². The molecular weight excluding hydrogens is 324 g/mol. The van der Waals surface area contributed by atoms with Crippen molar-refractivity contribution in [1.82, 2.24) is 0 Å². The first-order valence-electron chi connectivity index (χ1n) is 6.16. The highest BCUT2D eigenvalue weighted by Gasteiger charge is 2.22. The standard InChI is InChI=1S/C14H13BrN2OS/c15-13-7-6-12(19-13)14(18)17-9-3-8-16-10-4-1-2-5-11(10)17/h1-2,4-7,16H,3,8-9H2. The fourth-order valence-corrected chi connectivity index (χ4v) is 3.55. The Hall–Kier alpha value is -1.33. The number of amides is 1. The maximum Gasteiger partial charge on any atom is 0.268 e. The van der Waals surface area contributed by atoms with Gasteiger partial charge in [0.15, 0.2) is 0 Å². The van der Waals surface area contributed by atoms with E-state index in [-0.39, 0.29) is 5.91 Å². The van der Waals surface area contributed by atoms with Crippen molar-refractivity contribution in [3.05, 3.63) is 45.1 Å². The van der Waals surface area contributed by atoms with E-state index in [0.717, 1.165) is 39.5 Å². The lowest BCUT2D eigenvalue weighted by molar-refractivity contribution is 0.0991. The molecule has 3 rings (SSSR count). The lowest BCUT2D eigenvalue weighted by Gasteiger charge is -2.21. The molecule has 1 aromatic carbocycles. The number of rotatable bonds is 1. The number of nitrogens with zero attached hydrogens (tertiary/aromatic N) is 1. The molecule has 0 unspecified atom stereocenters. The van der Waals surface area contributed by atoms with Gasteiger partial charge in [0.05, 0.1) is 20.0 Å². The van der Waals surface area contributed by atoms with Gasteiger partial charge in [-0.1, -0.05) is 12.1 Å². The topological polar surface area (TPSA) is 32.3 Å². The molecule has 2 heterocycles. The summed E-state index contributed by atoms with van der Waals surface area (Å²) in [4.78, 5) is 15.3. The largest absolute Gasteiger partial charge is 0.383 e. The Morgan fingerprint density at radius 1 is 1.26 bits per heavy atom. The van der Waals surface area contributed by atoms with Gasteiger partial charge in [0.2, 0.25) is 0 Å². The molecule has 0 fully saturated rings. The number of nitrogens with one attached hydrogen (secondary N) is 1. The van der Waals surface area contributed by atoms with Crippen LogP contribution in [0, 0.1) is 0 Å². The zero-order valence-corrected chi connectivity index (χ0v) is 12.6. The first-order valence-corrected chi connectivity index (χ1v) is 7.77. The second-order valence-electron chi connectivity index (χ2n) is 4.36. The van der Waals surface area contributed by atoms with Crippen LogP contribution in [0.1, 0.15) is 16.1 Å². The zero-order valence-electron chi connectivity index (χ0n) is 10.2. The average molecular weight is 337 g/mol. The van der Waals surface area contributed by atoms with E-state index >= 15 is 0 Å². The fourth-order valence-electron chi connectivity index (χ4n) is 2.21. The van der Waals surface area contributed by atoms with Crippen molar-refractivity contribution >= 4 is 44.5 Å². The molecule has 2 aromatic rings. The molecule has 0 atom stereocenters. The van der Waals surface area contributed by atoms with Crippen molar-refractivity contribution in [2.24, 2.45) is 0 Å². The molecule has 0 radical (unpaired) electrons. The van der Waals surface area contributed by atoms with Gasteiger partial charge in [0.25, 0.3) is 5.91 Å². The molecule has 1 aliphatic heterocycles. The van der Waals surface area contributed by atoms with Gasteiger partial charge in [-0.3, -0.25) is 4.79 Å². The third-order valence-corrected chi connectivity index (χ3v) is 4.71. The second-order valence-corrected chi connectivity index (χ2v) is 6.82. The normalized spacial score (nSPS) is 14.5. The quantitative estimate of drug-likeness (QED) is 0.854. The van der Waals surface area contributed by atoms with E-state index in [4.69, 9.17) is 0 Å². The molecule has 1 N–H and O–H groups in total. The van der Waals surface area contributed by atoms with Crippen molar-refractivity contribution in [1.29, 1.82) is 0 Å². The number of hydrogen-bond donors (Lipinski definition) is 1. The maximum absolute atomic E-state index is 12.6. The number of benzene rings is 1. The van der Waals surface area contributed by atoms with Crippen LogP contribution in [-0.4, -0.2) is 19.0 Å². The molecule has 0 bridgehead atoms. The lowest BCUT2D eigenvalue weighted by atomic mass is 10.2. The summed E-state index contributed by atoms with van der Waals surface area (Å²) in [5, 5.41) is 3.37. The molecule has 1 aliphatic rings. The molecule has 0 saturated heterocycles. The summed E-state index contributed by atoms with van der Waals surface area (Å²) in [6.45, 7) is 1.65. The summed E-state index contributed by atoms with van der Waals surface area (Å²) < 4.78 is 0.983. The van der Waals surface area contributed by atoms with E-state index in [2.05, 4.69) is 21.2 Å². The summed E-state index contributed by atoms with van der Waals surface area (Å²) in [6.07, 6.45) is 0.951. The minimum absolute atomic E-state index is 0.0758. The van der Waals surface area contributed by atoms with Gasteiger partial charge in [0.1, 0.15) is 0 Å². The summed E-state index contributed by atoms with van der Waals surface area (Å²) in [7, 11) is 0. The minimum Gasteiger partial charge on any atom is -0.383 e. The van der Waals surface area contributed by atoms with Crippen LogP contribution in [-0.2, 0) is 0 Å². The summed E-state index contributed by atoms with van der Waals surface area (Å²) in [5.74, 6) is 0.0758. The second kappa shape index (κ2) is 5.35. The highest BCUT2D eigenvalue weighted by atomic mass is 79.9. The molecule has 19 heavy (non-hydrogen) atoms. The van der Waals surface area contributed by atoms with Gasteiger partial charge in [-0.25, -0.2) is 0 Å². The monoisotopic (exact) mass is 336 g/mol. The maximum atomic E-state index is 12.6. The Morgan fingerprint density at radius 3 is 2.89 bits per heavy atom. The number of anilines is 2. The highest BCUT2D eigenvalue weighted by molar-refractivity contribution is 9.11. The SMILES string of the molecule is O=C(c1ccc(Br)s1)N1CCCNc2ccccc21. The Bertz CT molecular complexity index is 611. The third-order valence-electron chi connectivity index (χ3n) is 3.10. The van der Waals surface area contributed by atoms with E-state index in [1.54, 1.807) is 0 Å². The highest BCUT2D eigenvalue weighted by Crippen LogP contribution is 2.31. The van der Waals surface area contributed by atoms with Gasteiger partial charge in [-0.05, 0) is 46.6 Å². The minimum atomic E-state index is 0.0758. The van der Waals surface area contributed by atoms with E-state index in [1.165, 1.54) is 11.3 Å². The Labute approximate surface area is 124 Å². The zero-order chi connectivity index (χ0) is 13.2. The van der Waals surface area contributed by atoms with Crippen LogP contribution < -0.4 is 10.2 Å². The summed E-state index contributed by atoms with van der Waals surface area (Å²) in [6, 6.07) is 11.8. The van der Waals surface area contributed by atoms with Crippen LogP contribution in [0.5, 0.6) is 0 Å². The van der Waals surface area contributed by atoms with E-state index < -0.39 is 0 Å². The van der Waals surface area contributed by atoms with Gasteiger partial charge in [-0.2, -0.15) is 0 Å². The first kappa shape index (κ1) is 12.7. The number of thiophene rings is 1. The number of fused-ring (bicyclic) bond motifs is 1. The fraction of sp³-hybridized carbons (Fsp3) is 0.214. The van der Waals surface area contributed by atoms with Crippen LogP contribution >= 0.6 is 27.3 Å². The Kier molecular flexibility index (Phi) is 3.57. The molecule has 3 nitrogen and oxygen atoms in total. The first-order chi connectivity index (χ1) is 9.25.